The van der Waals surface area contributed by atoms with Crippen molar-refractivity contribution in [2.45, 2.75) is 25.3 Å². The van der Waals surface area contributed by atoms with Crippen LogP contribution < -0.4 is 5.73 Å². The van der Waals surface area contributed by atoms with E-state index in [0.717, 1.165) is 4.47 Å². The topological polar surface area (TPSA) is 29.3 Å². The zero-order valence-electron chi connectivity index (χ0n) is 9.53. The van der Waals surface area contributed by atoms with Gasteiger partial charge in [-0.3, -0.25) is 4.90 Å². The predicted molar refractivity (Wildman–Crippen MR) is 71.4 cm³/mol. The molecule has 1 aliphatic rings. The van der Waals surface area contributed by atoms with Gasteiger partial charge in [0, 0.05) is 17.1 Å². The molecule has 88 valence electrons. The van der Waals surface area contributed by atoms with Gasteiger partial charge in [0.15, 0.2) is 0 Å². The zero-order chi connectivity index (χ0) is 11.4. The molecule has 0 unspecified atom stereocenters. The van der Waals surface area contributed by atoms with E-state index in [-0.39, 0.29) is 0 Å². The molecule has 0 aliphatic carbocycles. The maximum Gasteiger partial charge on any atom is 0.0470 e. The van der Waals surface area contributed by atoms with Gasteiger partial charge in [-0.1, -0.05) is 34.5 Å². The molecule has 0 spiro atoms. The van der Waals surface area contributed by atoms with Crippen LogP contribution in [0.1, 0.15) is 30.9 Å². The first-order valence-electron chi connectivity index (χ1n) is 6.01. The van der Waals surface area contributed by atoms with Crippen LogP contribution in [0.3, 0.4) is 0 Å². The minimum Gasteiger partial charge on any atom is -0.329 e. The van der Waals surface area contributed by atoms with Crippen molar-refractivity contribution in [3.8, 4) is 0 Å². The Labute approximate surface area is 106 Å². The lowest BCUT2D eigenvalue weighted by molar-refractivity contribution is 0.167. The molecule has 1 aromatic carbocycles. The quantitative estimate of drug-likeness (QED) is 0.924. The molecule has 3 heteroatoms. The standard InChI is InChI=1S/C13H19BrN2/c14-12-6-4-11(5-7-12)13(10-15)16-8-2-1-3-9-16/h4-7,13H,1-3,8-10,15H2/t13-/m1/s1. The number of hydrogen-bond donors (Lipinski definition) is 1. The zero-order valence-corrected chi connectivity index (χ0v) is 11.1. The Morgan fingerprint density at radius 1 is 1.12 bits per heavy atom. The third-order valence-electron chi connectivity index (χ3n) is 3.31. The summed E-state index contributed by atoms with van der Waals surface area (Å²) in [5, 5.41) is 0. The number of likely N-dealkylation sites (tertiary alicyclic amines) is 1. The number of rotatable bonds is 3. The second-order valence-corrected chi connectivity index (χ2v) is 5.32. The molecule has 1 atom stereocenters. The van der Waals surface area contributed by atoms with E-state index in [1.54, 1.807) is 0 Å². The van der Waals surface area contributed by atoms with E-state index < -0.39 is 0 Å². The minimum absolute atomic E-state index is 0.397. The van der Waals surface area contributed by atoms with Crippen LogP contribution in [0.15, 0.2) is 28.7 Å². The molecule has 1 heterocycles. The van der Waals surface area contributed by atoms with Crippen LogP contribution >= 0.6 is 15.9 Å². The van der Waals surface area contributed by atoms with Gasteiger partial charge >= 0.3 is 0 Å². The second-order valence-electron chi connectivity index (χ2n) is 4.40. The highest BCUT2D eigenvalue weighted by Gasteiger charge is 2.20. The van der Waals surface area contributed by atoms with Crippen molar-refractivity contribution < 1.29 is 0 Å². The van der Waals surface area contributed by atoms with E-state index >= 15 is 0 Å². The van der Waals surface area contributed by atoms with Gasteiger partial charge in [0.1, 0.15) is 0 Å². The number of nitrogens with two attached hydrogens (primary N) is 1. The van der Waals surface area contributed by atoms with Crippen molar-refractivity contribution in [1.82, 2.24) is 4.90 Å². The average molecular weight is 283 g/mol. The third kappa shape index (κ3) is 2.84. The predicted octanol–water partition coefficient (Wildman–Crippen LogP) is 2.93. The Morgan fingerprint density at radius 3 is 2.31 bits per heavy atom. The number of benzene rings is 1. The lowest BCUT2D eigenvalue weighted by Gasteiger charge is -2.34. The molecular formula is C13H19BrN2. The van der Waals surface area contributed by atoms with E-state index in [1.165, 1.54) is 37.9 Å². The number of halogens is 1. The van der Waals surface area contributed by atoms with E-state index in [1.807, 2.05) is 0 Å². The Morgan fingerprint density at radius 2 is 1.75 bits per heavy atom. The molecule has 0 aromatic heterocycles. The van der Waals surface area contributed by atoms with Crippen LogP contribution in [-0.4, -0.2) is 24.5 Å². The van der Waals surface area contributed by atoms with Crippen molar-refractivity contribution in [2.24, 2.45) is 5.73 Å². The Hall–Kier alpha value is -0.380. The van der Waals surface area contributed by atoms with Crippen LogP contribution in [0.25, 0.3) is 0 Å². The van der Waals surface area contributed by atoms with Crippen molar-refractivity contribution >= 4 is 15.9 Å². The normalized spacial score (nSPS) is 19.6. The molecule has 0 radical (unpaired) electrons. The smallest absolute Gasteiger partial charge is 0.0470 e. The van der Waals surface area contributed by atoms with E-state index in [9.17, 15) is 0 Å². The number of piperidine rings is 1. The molecule has 1 aromatic rings. The molecular weight excluding hydrogens is 264 g/mol. The summed E-state index contributed by atoms with van der Waals surface area (Å²) in [5.41, 5.74) is 7.26. The van der Waals surface area contributed by atoms with Crippen molar-refractivity contribution in [3.63, 3.8) is 0 Å². The largest absolute Gasteiger partial charge is 0.329 e. The van der Waals surface area contributed by atoms with Crippen molar-refractivity contribution in [3.05, 3.63) is 34.3 Å². The highest BCUT2D eigenvalue weighted by Crippen LogP contribution is 2.24. The number of hydrogen-bond acceptors (Lipinski definition) is 2. The highest BCUT2D eigenvalue weighted by molar-refractivity contribution is 9.10. The molecule has 1 saturated heterocycles. The second kappa shape index (κ2) is 5.80. The first-order valence-corrected chi connectivity index (χ1v) is 6.80. The molecule has 16 heavy (non-hydrogen) atoms. The van der Waals surface area contributed by atoms with Crippen molar-refractivity contribution in [1.29, 1.82) is 0 Å². The fraction of sp³-hybridized carbons (Fsp3) is 0.538. The van der Waals surface area contributed by atoms with Crippen LogP contribution in [-0.2, 0) is 0 Å². The summed E-state index contributed by atoms with van der Waals surface area (Å²) in [5.74, 6) is 0. The van der Waals surface area contributed by atoms with Gasteiger partial charge < -0.3 is 5.73 Å². The van der Waals surface area contributed by atoms with Gasteiger partial charge in [-0.25, -0.2) is 0 Å². The van der Waals surface area contributed by atoms with Gasteiger partial charge in [-0.2, -0.15) is 0 Å². The molecule has 2 nitrogen and oxygen atoms in total. The first-order chi connectivity index (χ1) is 7.81. The van der Waals surface area contributed by atoms with E-state index in [4.69, 9.17) is 5.73 Å². The molecule has 0 bridgehead atoms. The van der Waals surface area contributed by atoms with Gasteiger partial charge in [-0.15, -0.1) is 0 Å². The summed E-state index contributed by atoms with van der Waals surface area (Å²) >= 11 is 3.47. The fourth-order valence-electron chi connectivity index (χ4n) is 2.41. The summed E-state index contributed by atoms with van der Waals surface area (Å²) in [6.07, 6.45) is 3.99. The van der Waals surface area contributed by atoms with Gasteiger partial charge in [0.05, 0.1) is 0 Å². The van der Waals surface area contributed by atoms with Crippen LogP contribution in [0, 0.1) is 0 Å². The summed E-state index contributed by atoms with van der Waals surface area (Å²) in [6.45, 7) is 3.09. The Balaban J connectivity index is 2.11. The van der Waals surface area contributed by atoms with E-state index in [0.29, 0.717) is 12.6 Å². The van der Waals surface area contributed by atoms with Gasteiger partial charge in [0.2, 0.25) is 0 Å². The lowest BCUT2D eigenvalue weighted by Crippen LogP contribution is -2.37. The molecule has 0 amide bonds. The fourth-order valence-corrected chi connectivity index (χ4v) is 2.68. The van der Waals surface area contributed by atoms with Crippen molar-refractivity contribution in [2.75, 3.05) is 19.6 Å². The maximum atomic E-state index is 5.92. The Kier molecular flexibility index (Phi) is 4.38. The average Bonchev–Trinajstić information content (AvgIpc) is 2.34. The summed E-state index contributed by atoms with van der Waals surface area (Å²) in [6, 6.07) is 8.95. The molecule has 0 saturated carbocycles. The SMILES string of the molecule is NC[C@H](c1ccc(Br)cc1)N1CCCCC1. The Bertz CT molecular complexity index is 317. The molecule has 2 N–H and O–H groups in total. The van der Waals surface area contributed by atoms with Gasteiger partial charge in [-0.05, 0) is 43.6 Å². The molecule has 1 fully saturated rings. The van der Waals surface area contributed by atoms with Crippen LogP contribution in [0.5, 0.6) is 0 Å². The summed E-state index contributed by atoms with van der Waals surface area (Å²) in [4.78, 5) is 2.52. The lowest BCUT2D eigenvalue weighted by atomic mass is 10.0. The van der Waals surface area contributed by atoms with Gasteiger partial charge in [0.25, 0.3) is 0 Å². The maximum absolute atomic E-state index is 5.92. The number of nitrogens with zero attached hydrogens (tertiary/aromatic N) is 1. The summed E-state index contributed by atoms with van der Waals surface area (Å²) < 4.78 is 1.13. The molecule has 2 rings (SSSR count). The van der Waals surface area contributed by atoms with E-state index in [2.05, 4.69) is 45.1 Å². The first kappa shape index (κ1) is 12.1. The molecule has 1 aliphatic heterocycles. The minimum atomic E-state index is 0.397. The van der Waals surface area contributed by atoms with Crippen LogP contribution in [0.4, 0.5) is 0 Å². The van der Waals surface area contributed by atoms with Crippen LogP contribution in [0.2, 0.25) is 0 Å². The summed E-state index contributed by atoms with van der Waals surface area (Å²) in [7, 11) is 0. The monoisotopic (exact) mass is 282 g/mol. The highest BCUT2D eigenvalue weighted by atomic mass is 79.9. The third-order valence-corrected chi connectivity index (χ3v) is 3.84.